The van der Waals surface area contributed by atoms with Crippen LogP contribution in [-0.2, 0) is 9.59 Å². The summed E-state index contributed by atoms with van der Waals surface area (Å²) in [5, 5.41) is 14.7. The molecular weight excluding hydrogens is 288 g/mol. The summed E-state index contributed by atoms with van der Waals surface area (Å²) in [7, 11) is 0. The molecule has 2 N–H and O–H groups in total. The molecule has 0 spiro atoms. The third-order valence-corrected chi connectivity index (χ3v) is 5.42. The van der Waals surface area contributed by atoms with E-state index in [2.05, 4.69) is 10.3 Å². The molecule has 1 heterocycles. The molecule has 0 aromatic carbocycles. The molecule has 5 nitrogen and oxygen atoms in total. The summed E-state index contributed by atoms with van der Waals surface area (Å²) in [6.07, 6.45) is 4.56. The maximum atomic E-state index is 12.4. The molecule has 1 amide bonds. The van der Waals surface area contributed by atoms with Crippen molar-refractivity contribution in [3.05, 3.63) is 11.1 Å². The molecule has 0 radical (unpaired) electrons. The van der Waals surface area contributed by atoms with Crippen molar-refractivity contribution in [2.45, 2.75) is 44.9 Å². The van der Waals surface area contributed by atoms with E-state index >= 15 is 0 Å². The molecule has 2 aliphatic rings. The van der Waals surface area contributed by atoms with Crippen LogP contribution in [0.5, 0.6) is 0 Å². The largest absolute Gasteiger partial charge is 0.481 e. The van der Waals surface area contributed by atoms with Gasteiger partial charge in [-0.05, 0) is 31.6 Å². The second-order valence-electron chi connectivity index (χ2n) is 6.14. The number of thiazole rings is 1. The lowest BCUT2D eigenvalue weighted by atomic mass is 9.95. The van der Waals surface area contributed by atoms with E-state index < -0.39 is 17.8 Å². The Kier molecular flexibility index (Phi) is 3.97. The molecule has 2 aliphatic carbocycles. The third kappa shape index (κ3) is 3.10. The Hall–Kier alpha value is -1.43. The monoisotopic (exact) mass is 308 g/mol. The smallest absolute Gasteiger partial charge is 0.307 e. The number of nitrogens with zero attached hydrogens (tertiary/aromatic N) is 1. The zero-order valence-electron chi connectivity index (χ0n) is 12.0. The van der Waals surface area contributed by atoms with Crippen LogP contribution in [0.15, 0.2) is 5.38 Å². The number of hydrogen-bond acceptors (Lipinski definition) is 4. The normalized spacial score (nSPS) is 28.5. The highest BCUT2D eigenvalue weighted by molar-refractivity contribution is 7.13. The van der Waals surface area contributed by atoms with Crippen LogP contribution in [0.25, 0.3) is 0 Å². The fraction of sp³-hybridized carbons (Fsp3) is 0.667. The summed E-state index contributed by atoms with van der Waals surface area (Å²) in [6, 6.07) is 0. The van der Waals surface area contributed by atoms with Gasteiger partial charge in [-0.1, -0.05) is 13.3 Å². The minimum absolute atomic E-state index is 0.185. The summed E-state index contributed by atoms with van der Waals surface area (Å²) >= 11 is 1.43. The Morgan fingerprint density at radius 1 is 1.38 bits per heavy atom. The molecule has 1 aromatic rings. The summed E-state index contributed by atoms with van der Waals surface area (Å²) in [4.78, 5) is 28.1. The van der Waals surface area contributed by atoms with Crippen molar-refractivity contribution in [1.82, 2.24) is 4.98 Å². The van der Waals surface area contributed by atoms with Crippen LogP contribution in [-0.4, -0.2) is 22.0 Å². The quantitative estimate of drug-likeness (QED) is 0.876. The lowest BCUT2D eigenvalue weighted by Crippen LogP contribution is -2.29. The molecule has 6 heteroatoms. The molecule has 1 aromatic heterocycles. The molecule has 2 fully saturated rings. The first kappa shape index (κ1) is 14.5. The molecule has 114 valence electrons. The number of rotatable bonds is 5. The van der Waals surface area contributed by atoms with Gasteiger partial charge in [0.25, 0.3) is 0 Å². The summed E-state index contributed by atoms with van der Waals surface area (Å²) in [6.45, 7) is 2.05. The number of aliphatic carboxylic acids is 1. The number of nitrogens with one attached hydrogen (secondary N) is 1. The molecule has 2 saturated carbocycles. The van der Waals surface area contributed by atoms with Gasteiger partial charge in [0.05, 0.1) is 17.5 Å². The van der Waals surface area contributed by atoms with Crippen molar-refractivity contribution in [1.29, 1.82) is 0 Å². The number of carboxylic acid groups (broad SMARTS) is 1. The lowest BCUT2D eigenvalue weighted by molar-refractivity contribution is -0.145. The Bertz CT molecular complexity index is 553. The molecular formula is C15H20N2O3S. The van der Waals surface area contributed by atoms with E-state index in [0.29, 0.717) is 29.8 Å². The highest BCUT2D eigenvalue weighted by Gasteiger charge is 2.42. The van der Waals surface area contributed by atoms with Crippen LogP contribution in [0, 0.1) is 17.8 Å². The van der Waals surface area contributed by atoms with Crippen molar-refractivity contribution in [3.8, 4) is 0 Å². The van der Waals surface area contributed by atoms with Gasteiger partial charge in [-0.2, -0.15) is 0 Å². The zero-order chi connectivity index (χ0) is 15.0. The van der Waals surface area contributed by atoms with Crippen molar-refractivity contribution in [2.75, 3.05) is 5.32 Å². The lowest BCUT2D eigenvalue weighted by Gasteiger charge is -2.14. The highest BCUT2D eigenvalue weighted by atomic mass is 32.1. The number of carbonyl (C=O) groups is 2. The van der Waals surface area contributed by atoms with Crippen molar-refractivity contribution >= 4 is 28.3 Å². The summed E-state index contributed by atoms with van der Waals surface area (Å²) < 4.78 is 0. The number of carbonyl (C=O) groups excluding carboxylic acids is 1. The van der Waals surface area contributed by atoms with Gasteiger partial charge in [-0.15, -0.1) is 11.3 Å². The van der Waals surface area contributed by atoms with Gasteiger partial charge in [0.1, 0.15) is 0 Å². The van der Waals surface area contributed by atoms with E-state index in [-0.39, 0.29) is 5.91 Å². The maximum Gasteiger partial charge on any atom is 0.307 e. The molecule has 0 bridgehead atoms. The first-order chi connectivity index (χ1) is 10.1. The average Bonchev–Trinajstić information content (AvgIpc) is 3.03. The second kappa shape index (κ2) is 5.75. The van der Waals surface area contributed by atoms with Crippen LogP contribution >= 0.6 is 11.3 Å². The Labute approximate surface area is 127 Å². The molecule has 3 atom stereocenters. The maximum absolute atomic E-state index is 12.4. The van der Waals surface area contributed by atoms with Crippen LogP contribution in [0.1, 0.15) is 50.6 Å². The predicted molar refractivity (Wildman–Crippen MR) is 80.3 cm³/mol. The zero-order valence-corrected chi connectivity index (χ0v) is 12.9. The first-order valence-electron chi connectivity index (χ1n) is 7.57. The van der Waals surface area contributed by atoms with Crippen LogP contribution in [0.3, 0.4) is 0 Å². The Balaban J connectivity index is 1.66. The van der Waals surface area contributed by atoms with Gasteiger partial charge in [0.2, 0.25) is 5.91 Å². The molecule has 0 aliphatic heterocycles. The first-order valence-corrected chi connectivity index (χ1v) is 8.45. The molecule has 21 heavy (non-hydrogen) atoms. The van der Waals surface area contributed by atoms with Crippen molar-refractivity contribution in [3.63, 3.8) is 0 Å². The third-order valence-electron chi connectivity index (χ3n) is 4.64. The number of hydrogen-bond donors (Lipinski definition) is 2. The van der Waals surface area contributed by atoms with E-state index in [1.165, 1.54) is 24.2 Å². The van der Waals surface area contributed by atoms with Crippen LogP contribution < -0.4 is 5.32 Å². The van der Waals surface area contributed by atoms with E-state index in [4.69, 9.17) is 0 Å². The van der Waals surface area contributed by atoms with Gasteiger partial charge in [-0.3, -0.25) is 9.59 Å². The van der Waals surface area contributed by atoms with Crippen molar-refractivity contribution in [2.24, 2.45) is 17.8 Å². The summed E-state index contributed by atoms with van der Waals surface area (Å²) in [5.74, 6) is -1.13. The predicted octanol–water partition coefficient (Wildman–Crippen LogP) is 3.10. The molecule has 3 unspecified atom stereocenters. The number of anilines is 1. The van der Waals surface area contributed by atoms with Gasteiger partial charge in [-0.25, -0.2) is 4.98 Å². The Morgan fingerprint density at radius 2 is 2.10 bits per heavy atom. The minimum atomic E-state index is -0.857. The standard InChI is InChI=1S/C15H20N2O3S/c1-2-8-5-10(11(6-8)14(19)20)13(18)17-15-16-12(7-21-15)9-3-4-9/h7-11H,2-6H2,1H3,(H,19,20)(H,16,17,18). The van der Waals surface area contributed by atoms with Crippen LogP contribution in [0.4, 0.5) is 5.13 Å². The summed E-state index contributed by atoms with van der Waals surface area (Å²) in [5.41, 5.74) is 1.06. The van der Waals surface area contributed by atoms with E-state index in [0.717, 1.165) is 12.1 Å². The van der Waals surface area contributed by atoms with Gasteiger partial charge < -0.3 is 10.4 Å². The topological polar surface area (TPSA) is 79.3 Å². The van der Waals surface area contributed by atoms with Crippen molar-refractivity contribution < 1.29 is 14.7 Å². The number of aromatic nitrogens is 1. The average molecular weight is 308 g/mol. The fourth-order valence-corrected chi connectivity index (χ4v) is 3.94. The van der Waals surface area contributed by atoms with Gasteiger partial charge in [0.15, 0.2) is 5.13 Å². The SMILES string of the molecule is CCC1CC(C(=O)O)C(C(=O)Nc2nc(C3CC3)cs2)C1. The minimum Gasteiger partial charge on any atom is -0.481 e. The van der Waals surface area contributed by atoms with Gasteiger partial charge >= 0.3 is 5.97 Å². The number of carboxylic acids is 1. The molecule has 3 rings (SSSR count). The number of amides is 1. The highest BCUT2D eigenvalue weighted by Crippen LogP contribution is 2.42. The van der Waals surface area contributed by atoms with Crippen LogP contribution in [0.2, 0.25) is 0 Å². The van der Waals surface area contributed by atoms with E-state index in [9.17, 15) is 14.7 Å². The second-order valence-corrected chi connectivity index (χ2v) is 7.00. The Morgan fingerprint density at radius 3 is 2.71 bits per heavy atom. The van der Waals surface area contributed by atoms with Gasteiger partial charge in [0, 0.05) is 11.3 Å². The van der Waals surface area contributed by atoms with E-state index in [1.54, 1.807) is 0 Å². The van der Waals surface area contributed by atoms with E-state index in [1.807, 2.05) is 12.3 Å². The fourth-order valence-electron chi connectivity index (χ4n) is 3.15. The molecule has 0 saturated heterocycles.